The third-order valence-electron chi connectivity index (χ3n) is 3.77. The summed E-state index contributed by atoms with van der Waals surface area (Å²) in [5.74, 6) is -0.134. The van der Waals surface area contributed by atoms with Crippen molar-refractivity contribution in [3.8, 4) is 0 Å². The highest BCUT2D eigenvalue weighted by molar-refractivity contribution is 5.48. The van der Waals surface area contributed by atoms with E-state index in [0.717, 1.165) is 18.8 Å². The fourth-order valence-electron chi connectivity index (χ4n) is 3.04. The molecule has 2 heterocycles. The van der Waals surface area contributed by atoms with Gasteiger partial charge in [-0.3, -0.25) is 0 Å². The van der Waals surface area contributed by atoms with Crippen LogP contribution in [0.15, 0.2) is 24.3 Å². The first-order valence-corrected chi connectivity index (χ1v) is 7.10. The second-order valence-corrected chi connectivity index (χ2v) is 4.73. The molecule has 0 aliphatic carbocycles. The van der Waals surface area contributed by atoms with Crippen LogP contribution >= 0.6 is 0 Å². The molecular weight excluding hydrogens is 227 g/mol. The van der Waals surface area contributed by atoms with Gasteiger partial charge in [0.1, 0.15) is 5.82 Å². The molecule has 100 valence electrons. The van der Waals surface area contributed by atoms with Crippen molar-refractivity contribution in [1.29, 1.82) is 0 Å². The number of halogens is 1. The second-order valence-electron chi connectivity index (χ2n) is 4.73. The van der Waals surface area contributed by atoms with E-state index < -0.39 is 0 Å². The van der Waals surface area contributed by atoms with Gasteiger partial charge in [-0.25, -0.2) is 4.39 Å². The lowest BCUT2D eigenvalue weighted by atomic mass is 9.97. The first-order valence-electron chi connectivity index (χ1n) is 7.10. The summed E-state index contributed by atoms with van der Waals surface area (Å²) in [7, 11) is 0. The number of hydrogen-bond donors (Lipinski definition) is 1. The Labute approximate surface area is 109 Å². The molecule has 1 N–H and O–H groups in total. The van der Waals surface area contributed by atoms with Gasteiger partial charge >= 0.3 is 0 Å². The first kappa shape index (κ1) is 13.3. The van der Waals surface area contributed by atoms with Gasteiger partial charge < -0.3 is 10.2 Å². The van der Waals surface area contributed by atoms with Crippen LogP contribution in [0.2, 0.25) is 0 Å². The molecule has 1 aromatic rings. The molecular formula is C15H23FN2. The molecule has 2 fully saturated rings. The zero-order chi connectivity index (χ0) is 13.0. The third kappa shape index (κ3) is 2.66. The Balaban J connectivity index is 0.000000574. The highest BCUT2D eigenvalue weighted by Crippen LogP contribution is 2.29. The van der Waals surface area contributed by atoms with Gasteiger partial charge in [0.05, 0.1) is 0 Å². The minimum Gasteiger partial charge on any atom is -0.367 e. The number of benzene rings is 1. The summed E-state index contributed by atoms with van der Waals surface area (Å²) in [6, 6.07) is 8.16. The smallest absolute Gasteiger partial charge is 0.125 e. The van der Waals surface area contributed by atoms with Crippen LogP contribution in [-0.4, -0.2) is 25.2 Å². The molecule has 18 heavy (non-hydrogen) atoms. The van der Waals surface area contributed by atoms with Crippen LogP contribution in [0.1, 0.15) is 33.1 Å². The Kier molecular flexibility index (Phi) is 4.59. The summed E-state index contributed by atoms with van der Waals surface area (Å²) >= 11 is 0. The monoisotopic (exact) mass is 250 g/mol. The van der Waals surface area contributed by atoms with Gasteiger partial charge in [0, 0.05) is 24.3 Å². The van der Waals surface area contributed by atoms with Gasteiger partial charge in [-0.2, -0.15) is 0 Å². The molecule has 2 atom stereocenters. The molecule has 0 saturated carbocycles. The predicted molar refractivity (Wildman–Crippen MR) is 74.5 cm³/mol. The zero-order valence-electron chi connectivity index (χ0n) is 11.3. The van der Waals surface area contributed by atoms with Gasteiger partial charge in [0.25, 0.3) is 0 Å². The molecule has 2 aliphatic rings. The van der Waals surface area contributed by atoms with Crippen LogP contribution in [0.4, 0.5) is 10.1 Å². The van der Waals surface area contributed by atoms with Gasteiger partial charge in [-0.15, -0.1) is 0 Å². The van der Waals surface area contributed by atoms with E-state index in [1.54, 1.807) is 12.1 Å². The van der Waals surface area contributed by atoms with Crippen molar-refractivity contribution >= 4 is 5.69 Å². The van der Waals surface area contributed by atoms with Gasteiger partial charge in [0.15, 0.2) is 0 Å². The molecule has 0 bridgehead atoms. The average molecular weight is 250 g/mol. The highest BCUT2D eigenvalue weighted by atomic mass is 19.1. The average Bonchev–Trinajstić information content (AvgIpc) is 2.89. The topological polar surface area (TPSA) is 15.3 Å². The number of piperidine rings is 1. The number of nitrogens with one attached hydrogen (secondary N) is 1. The molecule has 3 heteroatoms. The summed E-state index contributed by atoms with van der Waals surface area (Å²) in [5, 5.41) is 3.54. The summed E-state index contributed by atoms with van der Waals surface area (Å²) in [6.07, 6.45) is 3.64. The lowest BCUT2D eigenvalue weighted by molar-refractivity contribution is 0.411. The quantitative estimate of drug-likeness (QED) is 0.823. The molecule has 0 amide bonds. The predicted octanol–water partition coefficient (Wildman–Crippen LogP) is 3.18. The van der Waals surface area contributed by atoms with E-state index in [0.29, 0.717) is 12.1 Å². The van der Waals surface area contributed by atoms with Crippen molar-refractivity contribution in [3.63, 3.8) is 0 Å². The SMILES string of the molecule is CC.Fc1cccc(N2CCCC3NCCC32)c1. The van der Waals surface area contributed by atoms with E-state index >= 15 is 0 Å². The van der Waals surface area contributed by atoms with Crippen LogP contribution in [0, 0.1) is 5.82 Å². The normalized spacial score (nSPS) is 26.3. The zero-order valence-corrected chi connectivity index (χ0v) is 11.3. The maximum Gasteiger partial charge on any atom is 0.125 e. The summed E-state index contributed by atoms with van der Waals surface area (Å²) in [6.45, 7) is 6.16. The van der Waals surface area contributed by atoms with Gasteiger partial charge in [-0.1, -0.05) is 19.9 Å². The summed E-state index contributed by atoms with van der Waals surface area (Å²) in [5.41, 5.74) is 1.04. The summed E-state index contributed by atoms with van der Waals surface area (Å²) < 4.78 is 13.2. The number of anilines is 1. The standard InChI is InChI=1S/C13H17FN2.C2H6/c14-10-3-1-4-11(9-10)16-8-2-5-12-13(16)6-7-15-12;1-2/h1,3-4,9,12-13,15H,2,5-8H2;1-2H3. The largest absolute Gasteiger partial charge is 0.367 e. The van der Waals surface area contributed by atoms with Gasteiger partial charge in [0.2, 0.25) is 0 Å². The van der Waals surface area contributed by atoms with Crippen LogP contribution in [0.3, 0.4) is 0 Å². The first-order chi connectivity index (χ1) is 8.84. The van der Waals surface area contributed by atoms with Crippen molar-refractivity contribution in [1.82, 2.24) is 5.32 Å². The Hall–Kier alpha value is -1.09. The lowest BCUT2D eigenvalue weighted by Crippen LogP contribution is -2.48. The van der Waals surface area contributed by atoms with Crippen LogP contribution in [-0.2, 0) is 0 Å². The van der Waals surface area contributed by atoms with Crippen molar-refractivity contribution in [2.24, 2.45) is 0 Å². The van der Waals surface area contributed by atoms with Crippen molar-refractivity contribution in [2.45, 2.75) is 45.2 Å². The maximum atomic E-state index is 13.2. The van der Waals surface area contributed by atoms with E-state index in [1.807, 2.05) is 19.9 Å². The second kappa shape index (κ2) is 6.19. The number of fused-ring (bicyclic) bond motifs is 1. The molecule has 1 aromatic carbocycles. The highest BCUT2D eigenvalue weighted by Gasteiger charge is 2.34. The van der Waals surface area contributed by atoms with E-state index in [1.165, 1.54) is 25.3 Å². The molecule has 2 nitrogen and oxygen atoms in total. The number of hydrogen-bond acceptors (Lipinski definition) is 2. The van der Waals surface area contributed by atoms with Crippen LogP contribution in [0.25, 0.3) is 0 Å². The van der Waals surface area contributed by atoms with Gasteiger partial charge in [-0.05, 0) is 44.0 Å². The van der Waals surface area contributed by atoms with E-state index in [-0.39, 0.29) is 5.82 Å². The fourth-order valence-corrected chi connectivity index (χ4v) is 3.04. The molecule has 0 spiro atoms. The molecule has 0 aromatic heterocycles. The number of rotatable bonds is 1. The van der Waals surface area contributed by atoms with E-state index in [4.69, 9.17) is 0 Å². The molecule has 2 aliphatic heterocycles. The Morgan fingerprint density at radius 1 is 1.28 bits per heavy atom. The van der Waals surface area contributed by atoms with Crippen LogP contribution < -0.4 is 10.2 Å². The van der Waals surface area contributed by atoms with Crippen molar-refractivity contribution in [2.75, 3.05) is 18.0 Å². The molecule has 2 unspecified atom stereocenters. The minimum absolute atomic E-state index is 0.134. The minimum atomic E-state index is -0.134. The lowest BCUT2D eigenvalue weighted by Gasteiger charge is -2.39. The molecule has 3 rings (SSSR count). The maximum absolute atomic E-state index is 13.2. The Morgan fingerprint density at radius 2 is 2.11 bits per heavy atom. The molecule has 0 radical (unpaired) electrons. The Morgan fingerprint density at radius 3 is 2.89 bits per heavy atom. The van der Waals surface area contributed by atoms with E-state index in [9.17, 15) is 4.39 Å². The Bertz CT molecular complexity index is 381. The molecule has 2 saturated heterocycles. The third-order valence-corrected chi connectivity index (χ3v) is 3.77. The van der Waals surface area contributed by atoms with Crippen molar-refractivity contribution < 1.29 is 4.39 Å². The number of nitrogens with zero attached hydrogens (tertiary/aromatic N) is 1. The van der Waals surface area contributed by atoms with E-state index in [2.05, 4.69) is 10.2 Å². The van der Waals surface area contributed by atoms with Crippen molar-refractivity contribution in [3.05, 3.63) is 30.1 Å². The summed E-state index contributed by atoms with van der Waals surface area (Å²) in [4.78, 5) is 2.37. The van der Waals surface area contributed by atoms with Crippen LogP contribution in [0.5, 0.6) is 0 Å². The fraction of sp³-hybridized carbons (Fsp3) is 0.600.